The van der Waals surface area contributed by atoms with Crippen LogP contribution in [0.25, 0.3) is 0 Å². The fourth-order valence-corrected chi connectivity index (χ4v) is 4.06. The Kier molecular flexibility index (Phi) is 7.92. The second-order valence-corrected chi connectivity index (χ2v) is 7.90. The molecule has 0 fully saturated rings. The van der Waals surface area contributed by atoms with E-state index in [0.29, 0.717) is 0 Å². The van der Waals surface area contributed by atoms with Crippen molar-refractivity contribution in [1.82, 2.24) is 9.80 Å². The number of aryl methyl sites for hydroxylation is 1. The highest BCUT2D eigenvalue weighted by Gasteiger charge is 2.33. The van der Waals surface area contributed by atoms with E-state index < -0.39 is 0 Å². The van der Waals surface area contributed by atoms with Crippen LogP contribution in [-0.4, -0.2) is 28.8 Å². The summed E-state index contributed by atoms with van der Waals surface area (Å²) in [6.07, 6.45) is 16.6. The molecule has 0 amide bonds. The van der Waals surface area contributed by atoms with Crippen LogP contribution in [0.2, 0.25) is 0 Å². The van der Waals surface area contributed by atoms with Crippen molar-refractivity contribution in [3.05, 3.63) is 84.2 Å². The summed E-state index contributed by atoms with van der Waals surface area (Å²) in [6.45, 7) is 12.6. The molecule has 0 saturated carbocycles. The summed E-state index contributed by atoms with van der Waals surface area (Å²) >= 11 is 0. The molecule has 0 atom stereocenters. The Morgan fingerprint density at radius 1 is 1.03 bits per heavy atom. The van der Waals surface area contributed by atoms with E-state index in [1.165, 1.54) is 54.6 Å². The lowest BCUT2D eigenvalue weighted by molar-refractivity contribution is 0.432. The van der Waals surface area contributed by atoms with Gasteiger partial charge in [-0.05, 0) is 56.2 Å². The normalized spacial score (nSPS) is 16.4. The van der Waals surface area contributed by atoms with Crippen LogP contribution in [0.1, 0.15) is 56.6 Å². The number of allylic oxidation sites excluding steroid dienone is 5. The molecule has 3 rings (SSSR count). The molecule has 0 N–H and O–H groups in total. The fourth-order valence-electron chi connectivity index (χ4n) is 4.06. The first-order valence-corrected chi connectivity index (χ1v) is 11.0. The van der Waals surface area contributed by atoms with Crippen molar-refractivity contribution in [2.24, 2.45) is 4.99 Å². The summed E-state index contributed by atoms with van der Waals surface area (Å²) in [6, 6.07) is 9.16. The van der Waals surface area contributed by atoms with E-state index in [1.807, 2.05) is 18.2 Å². The van der Waals surface area contributed by atoms with Gasteiger partial charge in [0.25, 0.3) is 0 Å². The number of nitrogens with zero attached hydrogens (tertiary/aromatic N) is 3. The van der Waals surface area contributed by atoms with Crippen LogP contribution in [0, 0.1) is 0 Å². The van der Waals surface area contributed by atoms with Crippen molar-refractivity contribution in [3.63, 3.8) is 0 Å². The number of benzene rings is 1. The molecule has 0 radical (unpaired) electrons. The summed E-state index contributed by atoms with van der Waals surface area (Å²) < 4.78 is 0. The Hall–Kier alpha value is -2.55. The van der Waals surface area contributed by atoms with E-state index in [1.54, 1.807) is 0 Å². The van der Waals surface area contributed by atoms with Crippen molar-refractivity contribution in [2.45, 2.75) is 58.4 Å². The van der Waals surface area contributed by atoms with Crippen LogP contribution in [0.5, 0.6) is 0 Å². The standard InChI is InChI=1S/C26H35N3/c1-4-6-8-9-10-11-13-23-15-17-24(18-16-23)21-29-22(3)25(14-7-5-2)28-20-12-19-27-26(28)29/h4-5,7,14-18H,1-2,6,8-13,19-21H2,3H3. The monoisotopic (exact) mass is 389 g/mol. The second-order valence-electron chi connectivity index (χ2n) is 7.90. The average Bonchev–Trinajstić information content (AvgIpc) is 3.01. The number of hydrogen-bond acceptors (Lipinski definition) is 3. The maximum Gasteiger partial charge on any atom is 0.205 e. The molecule has 29 heavy (non-hydrogen) atoms. The Balaban J connectivity index is 1.60. The molecule has 2 aliphatic heterocycles. The molecule has 0 aromatic heterocycles. The van der Waals surface area contributed by atoms with Crippen LogP contribution >= 0.6 is 0 Å². The number of unbranched alkanes of at least 4 members (excludes halogenated alkanes) is 4. The van der Waals surface area contributed by atoms with Gasteiger partial charge in [-0.3, -0.25) is 4.99 Å². The van der Waals surface area contributed by atoms with Crippen LogP contribution in [0.15, 0.2) is 78.1 Å². The largest absolute Gasteiger partial charge is 0.310 e. The SMILES string of the molecule is C=CC=CC1=C(C)N(Cc2ccc(CCCCCCC=C)cc2)C2=NCCCN21. The predicted octanol–water partition coefficient (Wildman–Crippen LogP) is 6.22. The van der Waals surface area contributed by atoms with E-state index in [9.17, 15) is 0 Å². The van der Waals surface area contributed by atoms with E-state index >= 15 is 0 Å². The number of guanidine groups is 1. The molecule has 0 spiro atoms. The number of rotatable bonds is 11. The van der Waals surface area contributed by atoms with Gasteiger partial charge in [-0.2, -0.15) is 0 Å². The van der Waals surface area contributed by atoms with Crippen LogP contribution in [0.3, 0.4) is 0 Å². The lowest BCUT2D eigenvalue weighted by Gasteiger charge is -2.28. The quantitative estimate of drug-likeness (QED) is 0.254. The first-order chi connectivity index (χ1) is 14.2. The highest BCUT2D eigenvalue weighted by molar-refractivity contribution is 5.87. The van der Waals surface area contributed by atoms with Crippen LogP contribution in [-0.2, 0) is 13.0 Å². The van der Waals surface area contributed by atoms with Crippen molar-refractivity contribution in [1.29, 1.82) is 0 Å². The average molecular weight is 390 g/mol. The Bertz CT molecular complexity index is 783. The van der Waals surface area contributed by atoms with Crippen molar-refractivity contribution >= 4 is 5.96 Å². The fraction of sp³-hybridized carbons (Fsp3) is 0.423. The van der Waals surface area contributed by atoms with Crippen molar-refractivity contribution in [3.8, 4) is 0 Å². The number of fused-ring (bicyclic) bond motifs is 1. The lowest BCUT2D eigenvalue weighted by atomic mass is 10.0. The highest BCUT2D eigenvalue weighted by Crippen LogP contribution is 2.30. The molecule has 2 aliphatic rings. The molecular weight excluding hydrogens is 354 g/mol. The summed E-state index contributed by atoms with van der Waals surface area (Å²) in [5.41, 5.74) is 5.29. The molecular formula is C26H35N3. The second kappa shape index (κ2) is 10.8. The van der Waals surface area contributed by atoms with Gasteiger partial charge in [-0.15, -0.1) is 6.58 Å². The maximum absolute atomic E-state index is 4.83. The first kappa shape index (κ1) is 21.2. The van der Waals surface area contributed by atoms with Gasteiger partial charge in [0.05, 0.1) is 12.2 Å². The summed E-state index contributed by atoms with van der Waals surface area (Å²) in [5, 5.41) is 0. The van der Waals surface area contributed by atoms with Gasteiger partial charge in [-0.1, -0.05) is 61.9 Å². The van der Waals surface area contributed by atoms with Gasteiger partial charge < -0.3 is 9.80 Å². The smallest absolute Gasteiger partial charge is 0.205 e. The van der Waals surface area contributed by atoms with Gasteiger partial charge in [0.15, 0.2) is 0 Å². The Morgan fingerprint density at radius 2 is 1.79 bits per heavy atom. The van der Waals surface area contributed by atoms with Gasteiger partial charge in [0, 0.05) is 18.8 Å². The van der Waals surface area contributed by atoms with Crippen molar-refractivity contribution < 1.29 is 0 Å². The predicted molar refractivity (Wildman–Crippen MR) is 125 cm³/mol. The molecule has 2 heterocycles. The van der Waals surface area contributed by atoms with Gasteiger partial charge in [0.2, 0.25) is 5.96 Å². The van der Waals surface area contributed by atoms with E-state index in [-0.39, 0.29) is 0 Å². The maximum atomic E-state index is 4.83. The molecule has 0 aliphatic carbocycles. The third kappa shape index (κ3) is 5.50. The zero-order chi connectivity index (χ0) is 20.5. The molecule has 0 unspecified atom stereocenters. The van der Waals surface area contributed by atoms with Crippen LogP contribution in [0.4, 0.5) is 0 Å². The molecule has 1 aromatic rings. The van der Waals surface area contributed by atoms with E-state index in [4.69, 9.17) is 4.99 Å². The summed E-state index contributed by atoms with van der Waals surface area (Å²) in [5.74, 6) is 1.10. The minimum atomic E-state index is 0.869. The first-order valence-electron chi connectivity index (χ1n) is 11.0. The topological polar surface area (TPSA) is 18.8 Å². The molecule has 3 nitrogen and oxygen atoms in total. The number of hydrogen-bond donors (Lipinski definition) is 0. The van der Waals surface area contributed by atoms with Gasteiger partial charge in [-0.25, -0.2) is 0 Å². The Labute approximate surface area is 176 Å². The molecule has 3 heteroatoms. The van der Waals surface area contributed by atoms with Gasteiger partial charge >= 0.3 is 0 Å². The minimum Gasteiger partial charge on any atom is -0.310 e. The lowest BCUT2D eigenvalue weighted by Crippen LogP contribution is -2.38. The zero-order valence-corrected chi connectivity index (χ0v) is 17.9. The summed E-state index contributed by atoms with van der Waals surface area (Å²) in [7, 11) is 0. The number of aliphatic imine (C=N–C) groups is 1. The van der Waals surface area contributed by atoms with Crippen molar-refractivity contribution in [2.75, 3.05) is 13.1 Å². The third-order valence-corrected chi connectivity index (χ3v) is 5.72. The minimum absolute atomic E-state index is 0.869. The van der Waals surface area contributed by atoms with Crippen LogP contribution < -0.4 is 0 Å². The highest BCUT2D eigenvalue weighted by atomic mass is 15.4. The third-order valence-electron chi connectivity index (χ3n) is 5.72. The van der Waals surface area contributed by atoms with E-state index in [2.05, 4.69) is 60.2 Å². The zero-order valence-electron chi connectivity index (χ0n) is 17.9. The van der Waals surface area contributed by atoms with Gasteiger partial charge in [0.1, 0.15) is 0 Å². The molecule has 154 valence electrons. The molecule has 0 bridgehead atoms. The molecule has 0 saturated heterocycles. The van der Waals surface area contributed by atoms with E-state index in [0.717, 1.165) is 38.4 Å². The summed E-state index contributed by atoms with van der Waals surface area (Å²) in [4.78, 5) is 9.53. The Morgan fingerprint density at radius 3 is 2.55 bits per heavy atom. The molecule has 1 aromatic carbocycles.